The molecule has 0 radical (unpaired) electrons. The number of piperidine rings is 1. The third-order valence-corrected chi connectivity index (χ3v) is 5.85. The van der Waals surface area contributed by atoms with Crippen LogP contribution >= 0.6 is 0 Å². The summed E-state index contributed by atoms with van der Waals surface area (Å²) in [5.41, 5.74) is 0.246. The number of likely N-dealkylation sites (tertiary alicyclic amines) is 1. The Hall–Kier alpha value is -2.58. The molecule has 1 atom stereocenters. The first kappa shape index (κ1) is 21.6. The SMILES string of the molecule is COC1(c2cccc(C(=O)N3CCCC(Oc4ccc(C(F)(F)F)cc4)C3)c2)COC1. The highest BCUT2D eigenvalue weighted by atomic mass is 19.4. The number of benzene rings is 2. The summed E-state index contributed by atoms with van der Waals surface area (Å²) in [6.07, 6.45) is -3.17. The van der Waals surface area contributed by atoms with Crippen molar-refractivity contribution in [3.05, 3.63) is 65.2 Å². The molecule has 0 aliphatic carbocycles. The molecule has 0 aromatic heterocycles. The number of alkyl halides is 3. The van der Waals surface area contributed by atoms with Crippen LogP contribution in [0.3, 0.4) is 0 Å². The standard InChI is InChI=1S/C23H24F3NO4/c1-29-22(14-30-15-22)18-5-2-4-16(12-18)21(28)27-11-3-6-20(13-27)31-19-9-7-17(8-10-19)23(24,25)26/h2,4-5,7-10,12,20H,3,6,11,13-15H2,1H3. The van der Waals surface area contributed by atoms with Gasteiger partial charge in [-0.05, 0) is 54.8 Å². The molecule has 0 spiro atoms. The van der Waals surface area contributed by atoms with E-state index in [0.29, 0.717) is 37.6 Å². The van der Waals surface area contributed by atoms with Gasteiger partial charge < -0.3 is 19.1 Å². The predicted octanol–water partition coefficient (Wildman–Crippen LogP) is 4.26. The fraction of sp³-hybridized carbons (Fsp3) is 0.435. The molecule has 2 aliphatic rings. The number of halogens is 3. The normalized spacial score (nSPS) is 20.8. The van der Waals surface area contributed by atoms with Gasteiger partial charge in [-0.25, -0.2) is 0 Å². The molecule has 2 aromatic rings. The number of carbonyl (C=O) groups excluding carboxylic acids is 1. The molecule has 31 heavy (non-hydrogen) atoms. The number of nitrogens with zero attached hydrogens (tertiary/aromatic N) is 1. The van der Waals surface area contributed by atoms with Gasteiger partial charge in [-0.15, -0.1) is 0 Å². The van der Waals surface area contributed by atoms with Gasteiger partial charge in [0, 0.05) is 19.2 Å². The molecule has 1 amide bonds. The largest absolute Gasteiger partial charge is 0.489 e. The summed E-state index contributed by atoms with van der Waals surface area (Å²) in [4.78, 5) is 14.8. The monoisotopic (exact) mass is 435 g/mol. The Morgan fingerprint density at radius 1 is 1.16 bits per heavy atom. The van der Waals surface area contributed by atoms with Crippen LogP contribution in [-0.4, -0.2) is 50.3 Å². The van der Waals surface area contributed by atoms with Crippen molar-refractivity contribution in [2.24, 2.45) is 0 Å². The van der Waals surface area contributed by atoms with Crippen molar-refractivity contribution in [3.8, 4) is 5.75 Å². The Morgan fingerprint density at radius 2 is 1.90 bits per heavy atom. The van der Waals surface area contributed by atoms with E-state index in [1.54, 1.807) is 18.1 Å². The van der Waals surface area contributed by atoms with E-state index in [9.17, 15) is 18.0 Å². The highest BCUT2D eigenvalue weighted by Gasteiger charge is 2.41. The van der Waals surface area contributed by atoms with Crippen LogP contribution < -0.4 is 4.74 Å². The zero-order chi connectivity index (χ0) is 22.1. The van der Waals surface area contributed by atoms with Crippen LogP contribution in [0.1, 0.15) is 34.3 Å². The first-order valence-electron chi connectivity index (χ1n) is 10.2. The number of amides is 1. The maximum atomic E-state index is 13.1. The van der Waals surface area contributed by atoms with E-state index in [0.717, 1.165) is 30.5 Å². The number of carbonyl (C=O) groups is 1. The van der Waals surface area contributed by atoms with Crippen LogP contribution in [0.5, 0.6) is 5.75 Å². The molecule has 2 aliphatic heterocycles. The topological polar surface area (TPSA) is 48.0 Å². The summed E-state index contributed by atoms with van der Waals surface area (Å²) in [6.45, 7) is 1.89. The molecule has 4 rings (SSSR count). The summed E-state index contributed by atoms with van der Waals surface area (Å²) < 4.78 is 55.0. The second kappa shape index (κ2) is 8.51. The summed E-state index contributed by atoms with van der Waals surface area (Å²) in [6, 6.07) is 12.0. The lowest BCUT2D eigenvalue weighted by molar-refractivity contribution is -0.202. The molecule has 0 N–H and O–H groups in total. The number of hydrogen-bond acceptors (Lipinski definition) is 4. The highest BCUT2D eigenvalue weighted by Crippen LogP contribution is 2.34. The summed E-state index contributed by atoms with van der Waals surface area (Å²) >= 11 is 0. The minimum Gasteiger partial charge on any atom is -0.489 e. The van der Waals surface area contributed by atoms with Crippen molar-refractivity contribution in [3.63, 3.8) is 0 Å². The van der Waals surface area contributed by atoms with Gasteiger partial charge in [0.2, 0.25) is 0 Å². The number of methoxy groups -OCH3 is 1. The van der Waals surface area contributed by atoms with Gasteiger partial charge in [0.1, 0.15) is 17.5 Å². The molecule has 5 nitrogen and oxygen atoms in total. The Labute approximate surface area is 178 Å². The maximum absolute atomic E-state index is 13.1. The van der Waals surface area contributed by atoms with Crippen LogP contribution in [0, 0.1) is 0 Å². The van der Waals surface area contributed by atoms with Crippen molar-refractivity contribution in [2.75, 3.05) is 33.4 Å². The zero-order valence-corrected chi connectivity index (χ0v) is 17.2. The van der Waals surface area contributed by atoms with Gasteiger partial charge in [0.05, 0.1) is 25.3 Å². The quantitative estimate of drug-likeness (QED) is 0.704. The predicted molar refractivity (Wildman–Crippen MR) is 107 cm³/mol. The van der Waals surface area contributed by atoms with E-state index >= 15 is 0 Å². The van der Waals surface area contributed by atoms with E-state index in [1.165, 1.54) is 12.1 Å². The fourth-order valence-electron chi connectivity index (χ4n) is 3.94. The average Bonchev–Trinajstić information content (AvgIpc) is 2.73. The van der Waals surface area contributed by atoms with E-state index in [-0.39, 0.29) is 12.0 Å². The third kappa shape index (κ3) is 4.55. The van der Waals surface area contributed by atoms with Gasteiger partial charge in [-0.1, -0.05) is 12.1 Å². The molecule has 2 aromatic carbocycles. The summed E-state index contributed by atoms with van der Waals surface area (Å²) in [5.74, 6) is 0.260. The first-order valence-corrected chi connectivity index (χ1v) is 10.2. The van der Waals surface area contributed by atoms with E-state index in [2.05, 4.69) is 0 Å². The lowest BCUT2D eigenvalue weighted by Crippen LogP contribution is -2.48. The van der Waals surface area contributed by atoms with Crippen LogP contribution in [0.15, 0.2) is 48.5 Å². The second-order valence-corrected chi connectivity index (χ2v) is 7.93. The molecule has 0 bridgehead atoms. The van der Waals surface area contributed by atoms with Crippen molar-refractivity contribution in [2.45, 2.75) is 30.7 Å². The zero-order valence-electron chi connectivity index (χ0n) is 17.2. The summed E-state index contributed by atoms with van der Waals surface area (Å²) in [5, 5.41) is 0. The Morgan fingerprint density at radius 3 is 2.52 bits per heavy atom. The van der Waals surface area contributed by atoms with Gasteiger partial charge in [0.15, 0.2) is 0 Å². The Bertz CT molecular complexity index is 920. The van der Waals surface area contributed by atoms with Crippen LogP contribution in [0.4, 0.5) is 13.2 Å². The molecule has 2 fully saturated rings. The molecule has 2 heterocycles. The lowest BCUT2D eigenvalue weighted by Gasteiger charge is -2.40. The number of rotatable bonds is 5. The molecular weight excluding hydrogens is 411 g/mol. The molecule has 1 unspecified atom stereocenters. The molecule has 2 saturated heterocycles. The summed E-state index contributed by atoms with van der Waals surface area (Å²) in [7, 11) is 1.63. The van der Waals surface area contributed by atoms with Crippen LogP contribution in [-0.2, 0) is 21.3 Å². The Kier molecular flexibility index (Phi) is 5.94. The smallest absolute Gasteiger partial charge is 0.416 e. The van der Waals surface area contributed by atoms with E-state index in [4.69, 9.17) is 14.2 Å². The van der Waals surface area contributed by atoms with Gasteiger partial charge in [-0.2, -0.15) is 13.2 Å². The van der Waals surface area contributed by atoms with Crippen LogP contribution in [0.2, 0.25) is 0 Å². The third-order valence-electron chi connectivity index (χ3n) is 5.85. The highest BCUT2D eigenvalue weighted by molar-refractivity contribution is 5.94. The van der Waals surface area contributed by atoms with Gasteiger partial charge in [-0.3, -0.25) is 4.79 Å². The molecular formula is C23H24F3NO4. The molecule has 166 valence electrons. The Balaban J connectivity index is 1.42. The van der Waals surface area contributed by atoms with Crippen LogP contribution in [0.25, 0.3) is 0 Å². The van der Waals surface area contributed by atoms with Crippen molar-refractivity contribution < 1.29 is 32.2 Å². The lowest BCUT2D eigenvalue weighted by atomic mass is 9.90. The first-order chi connectivity index (χ1) is 14.8. The van der Waals surface area contributed by atoms with Crippen molar-refractivity contribution in [1.82, 2.24) is 4.90 Å². The molecule has 0 saturated carbocycles. The van der Waals surface area contributed by atoms with E-state index < -0.39 is 17.3 Å². The van der Waals surface area contributed by atoms with Crippen molar-refractivity contribution >= 4 is 5.91 Å². The molecule has 8 heteroatoms. The second-order valence-electron chi connectivity index (χ2n) is 7.93. The fourth-order valence-corrected chi connectivity index (χ4v) is 3.94. The number of hydrogen-bond donors (Lipinski definition) is 0. The average molecular weight is 435 g/mol. The van der Waals surface area contributed by atoms with Gasteiger partial charge >= 0.3 is 6.18 Å². The van der Waals surface area contributed by atoms with E-state index in [1.807, 2.05) is 18.2 Å². The van der Waals surface area contributed by atoms with Crippen molar-refractivity contribution in [1.29, 1.82) is 0 Å². The number of ether oxygens (including phenoxy) is 3. The minimum absolute atomic E-state index is 0.103. The van der Waals surface area contributed by atoms with Gasteiger partial charge in [0.25, 0.3) is 5.91 Å². The maximum Gasteiger partial charge on any atom is 0.416 e. The minimum atomic E-state index is -4.38.